The zero-order chi connectivity index (χ0) is 33.4. The fourth-order valence-corrected chi connectivity index (χ4v) is 12.2. The summed E-state index contributed by atoms with van der Waals surface area (Å²) in [5.74, 6) is -2.09. The third-order valence-corrected chi connectivity index (χ3v) is 15.0. The zero-order valence-corrected chi connectivity index (χ0v) is 29.6. The molecule has 4 saturated carbocycles. The summed E-state index contributed by atoms with van der Waals surface area (Å²) in [6, 6.07) is 0. The molecule has 0 spiro atoms. The molecule has 4 aliphatic carbocycles. The second kappa shape index (κ2) is 15.1. The molecule has 5 rings (SSSR count). The molecule has 0 saturated heterocycles. The van der Waals surface area contributed by atoms with Crippen LogP contribution in [0.5, 0.6) is 0 Å². The van der Waals surface area contributed by atoms with Crippen molar-refractivity contribution in [3.63, 3.8) is 0 Å². The number of hydrogen-bond acceptors (Lipinski definition) is 6. The summed E-state index contributed by atoms with van der Waals surface area (Å²) >= 11 is -2.61. The highest BCUT2D eigenvalue weighted by molar-refractivity contribution is 7.94. The summed E-state index contributed by atoms with van der Waals surface area (Å²) in [6.45, 7) is 12.3. The molecule has 5 nitrogen and oxygen atoms in total. The summed E-state index contributed by atoms with van der Waals surface area (Å²) in [5, 5.41) is 11.4. The third kappa shape index (κ3) is 7.04. The molecule has 4 aliphatic rings. The highest BCUT2D eigenvalue weighted by Gasteiger charge is 2.60. The lowest BCUT2D eigenvalue weighted by Crippen LogP contribution is -2.54. The van der Waals surface area contributed by atoms with Gasteiger partial charge in [-0.15, -0.1) is 4.33 Å². The molecule has 11 heteroatoms. The van der Waals surface area contributed by atoms with Gasteiger partial charge < -0.3 is 9.29 Å². The standard InChI is InChI=1S/C35H52F4O5S2/c1-20(2)7-6-8-21(3)25-11-12-26-24-10-9-22-19-23(13-15-34(22,4)27(24)14-16-35(25,26)5)42-17-18-46(41)33-30(38)28(36)32(45-44-43-40)29(37)31(33)39/h20-27,40H,6-19H2,1-5H3/t21?,22?,23-,24?,25?,26?,27?,34-,35+,46?/m0/s1. The summed E-state index contributed by atoms with van der Waals surface area (Å²) < 4.78 is 80.6. The van der Waals surface area contributed by atoms with Crippen LogP contribution in [-0.4, -0.2) is 28.3 Å². The van der Waals surface area contributed by atoms with Gasteiger partial charge in [0.2, 0.25) is 16.5 Å². The molecule has 1 aromatic rings. The summed E-state index contributed by atoms with van der Waals surface area (Å²) in [4.78, 5) is -2.37. The van der Waals surface area contributed by atoms with E-state index in [-0.39, 0.29) is 35.9 Å². The number of rotatable bonds is 13. The van der Waals surface area contributed by atoms with Crippen molar-refractivity contribution in [2.24, 2.45) is 52.3 Å². The molecule has 1 N–H and O–H groups in total. The van der Waals surface area contributed by atoms with Gasteiger partial charge in [-0.2, -0.15) is 8.78 Å². The van der Waals surface area contributed by atoms with Crippen LogP contribution in [0, 0.1) is 75.5 Å². The first-order chi connectivity index (χ1) is 21.8. The molecule has 0 bridgehead atoms. The molecule has 0 amide bonds. The van der Waals surface area contributed by atoms with E-state index in [1.807, 2.05) is 0 Å². The smallest absolute Gasteiger partial charge is 0.230 e. The summed E-state index contributed by atoms with van der Waals surface area (Å²) in [6.07, 6.45) is 14.7. The Bertz CT molecular complexity index is 1180. The van der Waals surface area contributed by atoms with Crippen LogP contribution >= 0.6 is 12.0 Å². The van der Waals surface area contributed by atoms with Gasteiger partial charge in [0.15, 0.2) is 11.6 Å². The molecule has 0 aromatic heterocycles. The molecule has 0 aliphatic heterocycles. The molecule has 7 unspecified atom stereocenters. The van der Waals surface area contributed by atoms with E-state index in [2.05, 4.69) is 44.0 Å². The molecule has 46 heavy (non-hydrogen) atoms. The van der Waals surface area contributed by atoms with Crippen LogP contribution in [0.1, 0.15) is 112 Å². The maximum absolute atomic E-state index is 14.6. The minimum absolute atomic E-state index is 0.0377. The van der Waals surface area contributed by atoms with Gasteiger partial charge in [-0.3, -0.25) is 0 Å². The largest absolute Gasteiger partial charge is 0.611 e. The second-order valence-electron chi connectivity index (χ2n) is 15.6. The second-order valence-corrected chi connectivity index (χ2v) is 17.9. The van der Waals surface area contributed by atoms with Crippen LogP contribution in [0.2, 0.25) is 0 Å². The predicted molar refractivity (Wildman–Crippen MR) is 171 cm³/mol. The molecule has 262 valence electrons. The maximum Gasteiger partial charge on any atom is 0.230 e. The van der Waals surface area contributed by atoms with E-state index in [9.17, 15) is 22.1 Å². The zero-order valence-electron chi connectivity index (χ0n) is 27.9. The predicted octanol–water partition coefficient (Wildman–Crippen LogP) is 10.3. The van der Waals surface area contributed by atoms with Gasteiger partial charge in [-0.1, -0.05) is 58.9 Å². The first-order valence-corrected chi connectivity index (χ1v) is 19.4. The summed E-state index contributed by atoms with van der Waals surface area (Å²) in [7, 11) is 0. The Morgan fingerprint density at radius 1 is 0.891 bits per heavy atom. The molecule has 0 radical (unpaired) electrons. The maximum atomic E-state index is 14.6. The lowest BCUT2D eigenvalue weighted by Gasteiger charge is -2.61. The van der Waals surface area contributed by atoms with Crippen molar-refractivity contribution in [1.82, 2.24) is 0 Å². The lowest BCUT2D eigenvalue weighted by atomic mass is 9.44. The Labute approximate surface area is 279 Å². The molecular formula is C35H52F4O5S2. The van der Waals surface area contributed by atoms with Gasteiger partial charge in [-0.25, -0.2) is 14.0 Å². The number of hydrogen-bond donors (Lipinski definition) is 1. The quantitative estimate of drug-likeness (QED) is 0.0554. The van der Waals surface area contributed by atoms with Crippen LogP contribution in [0.15, 0.2) is 9.79 Å². The monoisotopic (exact) mass is 692 g/mol. The normalized spacial score (nSPS) is 35.5. The minimum atomic E-state index is -2.37. The van der Waals surface area contributed by atoms with E-state index in [0.717, 1.165) is 54.8 Å². The molecule has 0 heterocycles. The van der Waals surface area contributed by atoms with Crippen LogP contribution in [0.25, 0.3) is 0 Å². The number of fused-ring (bicyclic) bond motifs is 5. The van der Waals surface area contributed by atoms with Crippen molar-refractivity contribution in [3.05, 3.63) is 23.3 Å². The van der Waals surface area contributed by atoms with E-state index in [1.165, 1.54) is 57.8 Å². The average Bonchev–Trinajstić information content (AvgIpc) is 3.37. The third-order valence-electron chi connectivity index (χ3n) is 13.0. The fourth-order valence-electron chi connectivity index (χ4n) is 10.7. The van der Waals surface area contributed by atoms with Gasteiger partial charge >= 0.3 is 0 Å². The Morgan fingerprint density at radius 3 is 2.24 bits per heavy atom. The average molecular weight is 693 g/mol. The van der Waals surface area contributed by atoms with E-state index < -0.39 is 44.2 Å². The number of ether oxygens (including phenoxy) is 1. The Kier molecular flexibility index (Phi) is 12.1. The van der Waals surface area contributed by atoms with Crippen LogP contribution in [0.3, 0.4) is 0 Å². The number of halogens is 4. The lowest BCUT2D eigenvalue weighted by molar-refractivity contribution is -0.432. The first kappa shape index (κ1) is 36.7. The van der Waals surface area contributed by atoms with Crippen molar-refractivity contribution in [2.75, 3.05) is 12.4 Å². The molecular weight excluding hydrogens is 641 g/mol. The van der Waals surface area contributed by atoms with Crippen LogP contribution in [-0.2, 0) is 25.3 Å². The van der Waals surface area contributed by atoms with Gasteiger partial charge in [-0.05, 0) is 121 Å². The Balaban J connectivity index is 1.15. The minimum Gasteiger partial charge on any atom is -0.611 e. The van der Waals surface area contributed by atoms with Gasteiger partial charge in [0, 0.05) is 0 Å². The summed E-state index contributed by atoms with van der Waals surface area (Å²) in [5.41, 5.74) is 0.739. The molecule has 1 aromatic carbocycles. The molecule has 10 atom stereocenters. The first-order valence-electron chi connectivity index (χ1n) is 17.3. The van der Waals surface area contributed by atoms with Crippen molar-refractivity contribution in [1.29, 1.82) is 0 Å². The topological polar surface area (TPSA) is 71.0 Å². The van der Waals surface area contributed by atoms with Crippen LogP contribution in [0.4, 0.5) is 17.6 Å². The van der Waals surface area contributed by atoms with Crippen molar-refractivity contribution in [3.8, 4) is 0 Å². The van der Waals surface area contributed by atoms with Crippen molar-refractivity contribution in [2.45, 2.75) is 128 Å². The Hall–Kier alpha value is -0.560. The van der Waals surface area contributed by atoms with E-state index >= 15 is 0 Å². The van der Waals surface area contributed by atoms with Crippen LogP contribution < -0.4 is 0 Å². The van der Waals surface area contributed by atoms with Gasteiger partial charge in [0.05, 0.1) is 24.8 Å². The van der Waals surface area contributed by atoms with Crippen molar-refractivity contribution >= 4 is 23.2 Å². The van der Waals surface area contributed by atoms with E-state index in [0.29, 0.717) is 11.3 Å². The van der Waals surface area contributed by atoms with E-state index in [4.69, 9.17) is 9.99 Å². The van der Waals surface area contributed by atoms with Gasteiger partial charge in [0.25, 0.3) is 0 Å². The van der Waals surface area contributed by atoms with Gasteiger partial charge in [0.1, 0.15) is 10.6 Å². The number of benzene rings is 1. The highest BCUT2D eigenvalue weighted by Crippen LogP contribution is 2.68. The van der Waals surface area contributed by atoms with Crippen molar-refractivity contribution < 1.29 is 41.5 Å². The Morgan fingerprint density at radius 2 is 1.57 bits per heavy atom. The SMILES string of the molecule is CC(C)CCCC(C)C1CCC2C3CCC4C[C@@H](OCC[S+]([O-])c5c(F)c(F)c(SOOO)c(F)c5F)CC[C@]4(C)C3CC[C@]12C. The highest BCUT2D eigenvalue weighted by atomic mass is 32.2. The van der Waals surface area contributed by atoms with E-state index in [1.54, 1.807) is 0 Å². The molecule has 4 fully saturated rings. The fraction of sp³-hybridized carbons (Fsp3) is 0.829.